The molecule has 0 unspecified atom stereocenters. The minimum absolute atomic E-state index is 0.112. The molecule has 0 radical (unpaired) electrons. The number of hydrogen-bond donors (Lipinski definition) is 1. The zero-order chi connectivity index (χ0) is 17.6. The summed E-state index contributed by atoms with van der Waals surface area (Å²) in [5, 5.41) is 3.37. The van der Waals surface area contributed by atoms with Gasteiger partial charge < -0.3 is 19.7 Å². The maximum Gasteiger partial charge on any atom is 0.317 e. The molecule has 2 aromatic rings. The molecule has 0 aliphatic carbocycles. The fraction of sp³-hybridized carbons (Fsp3) is 0.353. The second-order valence-corrected chi connectivity index (χ2v) is 6.10. The largest absolute Gasteiger partial charge is 0.497 e. The molecule has 132 valence electrons. The van der Waals surface area contributed by atoms with Gasteiger partial charge in [-0.05, 0) is 17.7 Å². The Balaban J connectivity index is 1.46. The van der Waals surface area contributed by atoms with Crippen LogP contribution in [0.3, 0.4) is 0 Å². The van der Waals surface area contributed by atoms with Gasteiger partial charge in [0.1, 0.15) is 11.9 Å². The van der Waals surface area contributed by atoms with Crippen molar-refractivity contribution in [3.8, 4) is 11.8 Å². The van der Waals surface area contributed by atoms with Crippen LogP contribution in [0.2, 0.25) is 5.02 Å². The molecule has 1 N–H and O–H groups in total. The normalized spacial score (nSPS) is 16.6. The van der Waals surface area contributed by atoms with E-state index in [0.717, 1.165) is 17.7 Å². The molecule has 0 bridgehead atoms. The van der Waals surface area contributed by atoms with Crippen LogP contribution in [0, 0.1) is 0 Å². The van der Waals surface area contributed by atoms with Gasteiger partial charge >= 0.3 is 12.0 Å². The van der Waals surface area contributed by atoms with Gasteiger partial charge in [0.15, 0.2) is 0 Å². The molecular weight excluding hydrogens is 344 g/mol. The van der Waals surface area contributed by atoms with Gasteiger partial charge in [-0.1, -0.05) is 23.7 Å². The molecule has 1 aromatic heterocycles. The minimum Gasteiger partial charge on any atom is -0.497 e. The molecule has 2 amide bonds. The van der Waals surface area contributed by atoms with E-state index in [1.54, 1.807) is 12.0 Å². The van der Waals surface area contributed by atoms with Crippen molar-refractivity contribution < 1.29 is 14.3 Å². The standard InChI is InChI=1S/C17H19ClN4O3/c1-24-14-4-2-12(3-5-14)8-21-17(23)22-7-6-15(11-22)25-16-19-9-13(18)10-20-16/h2-5,9-10,15H,6-8,11H2,1H3,(H,21,23)/t15-/m0/s1. The van der Waals surface area contributed by atoms with E-state index in [2.05, 4.69) is 15.3 Å². The van der Waals surface area contributed by atoms with E-state index in [0.29, 0.717) is 24.7 Å². The zero-order valence-electron chi connectivity index (χ0n) is 13.8. The Bertz CT molecular complexity index is 709. The lowest BCUT2D eigenvalue weighted by Gasteiger charge is -2.17. The molecule has 1 saturated heterocycles. The molecule has 7 nitrogen and oxygen atoms in total. The van der Waals surface area contributed by atoms with Crippen LogP contribution in [0.25, 0.3) is 0 Å². The number of carbonyl (C=O) groups is 1. The van der Waals surface area contributed by atoms with E-state index in [9.17, 15) is 4.79 Å². The number of amides is 2. The van der Waals surface area contributed by atoms with Crippen LogP contribution in [0.1, 0.15) is 12.0 Å². The predicted molar refractivity (Wildman–Crippen MR) is 92.9 cm³/mol. The summed E-state index contributed by atoms with van der Waals surface area (Å²) in [6.07, 6.45) is 3.59. The first-order valence-corrected chi connectivity index (χ1v) is 8.32. The van der Waals surface area contributed by atoms with Crippen molar-refractivity contribution in [2.24, 2.45) is 0 Å². The Kier molecular flexibility index (Phi) is 5.55. The highest BCUT2D eigenvalue weighted by Crippen LogP contribution is 2.16. The van der Waals surface area contributed by atoms with Crippen LogP contribution in [0.5, 0.6) is 11.8 Å². The summed E-state index contributed by atoms with van der Waals surface area (Å²) >= 11 is 5.75. The molecule has 1 aliphatic heterocycles. The van der Waals surface area contributed by atoms with Gasteiger partial charge in [-0.3, -0.25) is 0 Å². The van der Waals surface area contributed by atoms with Crippen LogP contribution in [-0.2, 0) is 6.54 Å². The van der Waals surface area contributed by atoms with Crippen molar-refractivity contribution in [3.63, 3.8) is 0 Å². The summed E-state index contributed by atoms with van der Waals surface area (Å²) in [6.45, 7) is 1.60. The summed E-state index contributed by atoms with van der Waals surface area (Å²) in [5.41, 5.74) is 1.01. The zero-order valence-corrected chi connectivity index (χ0v) is 14.6. The molecule has 0 saturated carbocycles. The summed E-state index contributed by atoms with van der Waals surface area (Å²) in [5.74, 6) is 0.791. The van der Waals surface area contributed by atoms with Crippen molar-refractivity contribution in [2.45, 2.75) is 19.1 Å². The Hall–Kier alpha value is -2.54. The lowest BCUT2D eigenvalue weighted by Crippen LogP contribution is -2.39. The monoisotopic (exact) mass is 362 g/mol. The maximum atomic E-state index is 12.3. The number of carbonyl (C=O) groups excluding carboxylic acids is 1. The fourth-order valence-corrected chi connectivity index (χ4v) is 2.65. The molecule has 1 aliphatic rings. The number of nitrogens with one attached hydrogen (secondary N) is 1. The van der Waals surface area contributed by atoms with Crippen LogP contribution < -0.4 is 14.8 Å². The van der Waals surface area contributed by atoms with E-state index in [1.807, 2.05) is 24.3 Å². The molecule has 2 heterocycles. The lowest BCUT2D eigenvalue weighted by molar-refractivity contribution is 0.178. The molecule has 3 rings (SSSR count). The summed E-state index contributed by atoms with van der Waals surface area (Å²) in [4.78, 5) is 22.0. The number of rotatable bonds is 5. The van der Waals surface area contributed by atoms with Crippen molar-refractivity contribution in [1.82, 2.24) is 20.2 Å². The van der Waals surface area contributed by atoms with Crippen molar-refractivity contribution in [3.05, 3.63) is 47.2 Å². The third-order valence-electron chi connectivity index (χ3n) is 3.90. The Morgan fingerprint density at radius 2 is 2.04 bits per heavy atom. The first-order valence-electron chi connectivity index (χ1n) is 7.94. The number of methoxy groups -OCH3 is 1. The fourth-order valence-electron chi connectivity index (χ4n) is 2.55. The second kappa shape index (κ2) is 8.02. The Labute approximate surface area is 150 Å². The number of halogens is 1. The summed E-state index contributed by atoms with van der Waals surface area (Å²) < 4.78 is 10.8. The smallest absolute Gasteiger partial charge is 0.317 e. The molecule has 1 fully saturated rings. The summed E-state index contributed by atoms with van der Waals surface area (Å²) in [7, 11) is 1.62. The molecule has 8 heteroatoms. The molecule has 1 aromatic carbocycles. The average molecular weight is 363 g/mol. The highest BCUT2D eigenvalue weighted by atomic mass is 35.5. The Morgan fingerprint density at radius 1 is 1.32 bits per heavy atom. The number of urea groups is 1. The van der Waals surface area contributed by atoms with E-state index < -0.39 is 0 Å². The van der Waals surface area contributed by atoms with Gasteiger partial charge in [0.05, 0.1) is 31.1 Å². The van der Waals surface area contributed by atoms with Gasteiger partial charge in [0.2, 0.25) is 0 Å². The number of hydrogen-bond acceptors (Lipinski definition) is 5. The van der Waals surface area contributed by atoms with Crippen LogP contribution in [0.4, 0.5) is 4.79 Å². The van der Waals surface area contributed by atoms with Crippen molar-refractivity contribution >= 4 is 17.6 Å². The number of benzene rings is 1. The minimum atomic E-state index is -0.118. The SMILES string of the molecule is COc1ccc(CNC(=O)N2CC[C@H](Oc3ncc(Cl)cn3)C2)cc1. The van der Waals surface area contributed by atoms with E-state index in [1.165, 1.54) is 12.4 Å². The maximum absolute atomic E-state index is 12.3. The molecule has 1 atom stereocenters. The third kappa shape index (κ3) is 4.73. The van der Waals surface area contributed by atoms with Gasteiger partial charge in [-0.25, -0.2) is 14.8 Å². The number of nitrogens with zero attached hydrogens (tertiary/aromatic N) is 3. The van der Waals surface area contributed by atoms with E-state index in [4.69, 9.17) is 21.1 Å². The van der Waals surface area contributed by atoms with Gasteiger partial charge in [-0.2, -0.15) is 0 Å². The number of ether oxygens (including phenoxy) is 2. The summed E-state index contributed by atoms with van der Waals surface area (Å²) in [6, 6.07) is 7.74. The topological polar surface area (TPSA) is 76.6 Å². The number of likely N-dealkylation sites (tertiary alicyclic amines) is 1. The van der Waals surface area contributed by atoms with Crippen molar-refractivity contribution in [2.75, 3.05) is 20.2 Å². The lowest BCUT2D eigenvalue weighted by atomic mass is 10.2. The second-order valence-electron chi connectivity index (χ2n) is 5.67. The average Bonchev–Trinajstić information content (AvgIpc) is 3.10. The third-order valence-corrected chi connectivity index (χ3v) is 4.10. The van der Waals surface area contributed by atoms with Crippen LogP contribution in [0.15, 0.2) is 36.7 Å². The van der Waals surface area contributed by atoms with Gasteiger partial charge in [0.25, 0.3) is 0 Å². The highest BCUT2D eigenvalue weighted by molar-refractivity contribution is 6.30. The first-order chi connectivity index (χ1) is 12.1. The van der Waals surface area contributed by atoms with E-state index >= 15 is 0 Å². The van der Waals surface area contributed by atoms with Crippen LogP contribution in [-0.4, -0.2) is 47.2 Å². The highest BCUT2D eigenvalue weighted by Gasteiger charge is 2.28. The number of aromatic nitrogens is 2. The molecule has 25 heavy (non-hydrogen) atoms. The molecule has 0 spiro atoms. The first kappa shape index (κ1) is 17.3. The molecular formula is C17H19ClN4O3. The van der Waals surface area contributed by atoms with Gasteiger partial charge in [0, 0.05) is 19.5 Å². The Morgan fingerprint density at radius 3 is 2.72 bits per heavy atom. The van der Waals surface area contributed by atoms with E-state index in [-0.39, 0.29) is 18.1 Å². The van der Waals surface area contributed by atoms with Crippen molar-refractivity contribution in [1.29, 1.82) is 0 Å². The van der Waals surface area contributed by atoms with Crippen LogP contribution >= 0.6 is 11.6 Å². The predicted octanol–water partition coefficient (Wildman–Crippen LogP) is 2.50. The quantitative estimate of drug-likeness (QED) is 0.884. The van der Waals surface area contributed by atoms with Gasteiger partial charge in [-0.15, -0.1) is 0 Å².